The van der Waals surface area contributed by atoms with Gasteiger partial charge in [0.05, 0.1) is 17.9 Å². The zero-order chi connectivity index (χ0) is 20.2. The molecule has 1 aliphatic rings. The summed E-state index contributed by atoms with van der Waals surface area (Å²) in [5.74, 6) is 2.04. The Labute approximate surface area is 171 Å². The second kappa shape index (κ2) is 8.65. The Bertz CT molecular complexity index is 963. The van der Waals surface area contributed by atoms with Crippen molar-refractivity contribution in [2.24, 2.45) is 0 Å². The van der Waals surface area contributed by atoms with Crippen LogP contribution in [-0.2, 0) is 19.4 Å². The number of hydrogen-bond acceptors (Lipinski definition) is 8. The molecule has 0 radical (unpaired) electrons. The van der Waals surface area contributed by atoms with Crippen LogP contribution in [-0.4, -0.2) is 56.4 Å². The Morgan fingerprint density at radius 2 is 1.69 bits per heavy atom. The standard InChI is InChI=1S/C21H27N7O/c1-4-17-18(5-2)24-25-21(22-17)28-12-10-27(11-13-28)14-19-23-20(26-29-19)16-9-7-6-8-15(16)3/h6-9H,4-5,10-14H2,1-3H3. The molecule has 152 valence electrons. The second-order valence-corrected chi connectivity index (χ2v) is 7.30. The number of nitrogens with zero attached hydrogens (tertiary/aromatic N) is 7. The highest BCUT2D eigenvalue weighted by Crippen LogP contribution is 2.21. The van der Waals surface area contributed by atoms with Gasteiger partial charge in [-0.1, -0.05) is 43.3 Å². The van der Waals surface area contributed by atoms with E-state index in [1.807, 2.05) is 18.2 Å². The monoisotopic (exact) mass is 393 g/mol. The molecule has 0 N–H and O–H groups in total. The highest BCUT2D eigenvalue weighted by Gasteiger charge is 2.22. The lowest BCUT2D eigenvalue weighted by Gasteiger charge is -2.33. The number of piperazine rings is 1. The lowest BCUT2D eigenvalue weighted by molar-refractivity contribution is 0.214. The molecule has 1 aliphatic heterocycles. The molecule has 0 atom stereocenters. The summed E-state index contributed by atoms with van der Waals surface area (Å²) in [6.45, 7) is 10.4. The first kappa shape index (κ1) is 19.4. The number of anilines is 1. The fourth-order valence-corrected chi connectivity index (χ4v) is 3.61. The van der Waals surface area contributed by atoms with Crippen LogP contribution in [0.1, 0.15) is 36.7 Å². The van der Waals surface area contributed by atoms with Crippen molar-refractivity contribution in [3.63, 3.8) is 0 Å². The Morgan fingerprint density at radius 3 is 2.41 bits per heavy atom. The van der Waals surface area contributed by atoms with Gasteiger partial charge in [-0.05, 0) is 25.3 Å². The van der Waals surface area contributed by atoms with Gasteiger partial charge < -0.3 is 9.42 Å². The molecule has 8 nitrogen and oxygen atoms in total. The predicted octanol–water partition coefficient (Wildman–Crippen LogP) is 2.68. The Hall–Kier alpha value is -2.87. The van der Waals surface area contributed by atoms with E-state index >= 15 is 0 Å². The van der Waals surface area contributed by atoms with E-state index in [1.54, 1.807) is 0 Å². The number of rotatable bonds is 6. The maximum absolute atomic E-state index is 5.49. The molecule has 2 aromatic heterocycles. The largest absolute Gasteiger partial charge is 0.338 e. The lowest BCUT2D eigenvalue weighted by Crippen LogP contribution is -2.46. The highest BCUT2D eigenvalue weighted by molar-refractivity contribution is 5.58. The van der Waals surface area contributed by atoms with E-state index in [9.17, 15) is 0 Å². The van der Waals surface area contributed by atoms with Gasteiger partial charge in [-0.25, -0.2) is 4.98 Å². The van der Waals surface area contributed by atoms with Gasteiger partial charge in [-0.3, -0.25) is 4.90 Å². The molecule has 0 spiro atoms. The minimum Gasteiger partial charge on any atom is -0.338 e. The SMILES string of the molecule is CCc1nnc(N2CCN(Cc3nc(-c4ccccc4C)no3)CC2)nc1CC. The Balaban J connectivity index is 1.37. The quantitative estimate of drug-likeness (QED) is 0.632. The van der Waals surface area contributed by atoms with Crippen molar-refractivity contribution in [2.45, 2.75) is 40.2 Å². The molecule has 0 amide bonds. The summed E-state index contributed by atoms with van der Waals surface area (Å²) in [5.41, 5.74) is 4.20. The number of benzene rings is 1. The van der Waals surface area contributed by atoms with E-state index < -0.39 is 0 Å². The molecule has 0 aliphatic carbocycles. The average molecular weight is 393 g/mol. The van der Waals surface area contributed by atoms with Crippen molar-refractivity contribution in [3.8, 4) is 11.4 Å². The average Bonchev–Trinajstić information content (AvgIpc) is 3.22. The summed E-state index contributed by atoms with van der Waals surface area (Å²) < 4.78 is 5.49. The molecule has 4 rings (SSSR count). The molecule has 3 heterocycles. The van der Waals surface area contributed by atoms with Crippen LogP contribution in [0.2, 0.25) is 0 Å². The number of aromatic nitrogens is 5. The summed E-state index contributed by atoms with van der Waals surface area (Å²) in [7, 11) is 0. The van der Waals surface area contributed by atoms with Gasteiger partial charge in [0.2, 0.25) is 17.7 Å². The van der Waals surface area contributed by atoms with Gasteiger partial charge in [0.1, 0.15) is 0 Å². The molecule has 1 fully saturated rings. The zero-order valence-corrected chi connectivity index (χ0v) is 17.3. The minimum absolute atomic E-state index is 0.648. The molecule has 0 unspecified atom stereocenters. The van der Waals surface area contributed by atoms with Crippen LogP contribution in [0.5, 0.6) is 0 Å². The van der Waals surface area contributed by atoms with Gasteiger partial charge in [0.25, 0.3) is 0 Å². The van der Waals surface area contributed by atoms with E-state index in [-0.39, 0.29) is 0 Å². The van der Waals surface area contributed by atoms with Crippen molar-refractivity contribution in [1.82, 2.24) is 30.2 Å². The molecule has 3 aromatic rings. The van der Waals surface area contributed by atoms with E-state index in [1.165, 1.54) is 0 Å². The number of aryl methyl sites for hydroxylation is 3. The first-order chi connectivity index (χ1) is 14.2. The molecule has 1 saturated heterocycles. The third-order valence-electron chi connectivity index (χ3n) is 5.37. The lowest BCUT2D eigenvalue weighted by atomic mass is 10.1. The molecular weight excluding hydrogens is 366 g/mol. The van der Waals surface area contributed by atoms with Crippen LogP contribution in [0.25, 0.3) is 11.4 Å². The van der Waals surface area contributed by atoms with Crippen LogP contribution in [0.3, 0.4) is 0 Å². The maximum Gasteiger partial charge on any atom is 0.245 e. The Morgan fingerprint density at radius 1 is 0.931 bits per heavy atom. The van der Waals surface area contributed by atoms with Gasteiger partial charge in [0.15, 0.2) is 0 Å². The molecular formula is C21H27N7O. The van der Waals surface area contributed by atoms with Crippen molar-refractivity contribution in [3.05, 3.63) is 47.1 Å². The maximum atomic E-state index is 5.49. The molecule has 0 bridgehead atoms. The zero-order valence-electron chi connectivity index (χ0n) is 17.3. The molecule has 1 aromatic carbocycles. The third kappa shape index (κ3) is 4.27. The topological polar surface area (TPSA) is 84.1 Å². The molecule has 8 heteroatoms. The Kier molecular flexibility index (Phi) is 5.80. The normalized spacial score (nSPS) is 15.1. The van der Waals surface area contributed by atoms with Crippen LogP contribution < -0.4 is 4.90 Å². The van der Waals surface area contributed by atoms with E-state index in [0.717, 1.165) is 67.5 Å². The summed E-state index contributed by atoms with van der Waals surface area (Å²) >= 11 is 0. The second-order valence-electron chi connectivity index (χ2n) is 7.30. The third-order valence-corrected chi connectivity index (χ3v) is 5.37. The van der Waals surface area contributed by atoms with Crippen LogP contribution >= 0.6 is 0 Å². The summed E-state index contributed by atoms with van der Waals surface area (Å²) in [6, 6.07) is 8.08. The van der Waals surface area contributed by atoms with Gasteiger partial charge in [-0.2, -0.15) is 10.1 Å². The predicted molar refractivity (Wildman–Crippen MR) is 111 cm³/mol. The van der Waals surface area contributed by atoms with Crippen molar-refractivity contribution in [1.29, 1.82) is 0 Å². The van der Waals surface area contributed by atoms with Crippen LogP contribution in [0.4, 0.5) is 5.95 Å². The van der Waals surface area contributed by atoms with Crippen molar-refractivity contribution in [2.75, 3.05) is 31.1 Å². The van der Waals surface area contributed by atoms with Crippen LogP contribution in [0, 0.1) is 6.92 Å². The number of hydrogen-bond donors (Lipinski definition) is 0. The van der Waals surface area contributed by atoms with Crippen LogP contribution in [0.15, 0.2) is 28.8 Å². The first-order valence-corrected chi connectivity index (χ1v) is 10.3. The van der Waals surface area contributed by atoms with Gasteiger partial charge in [0, 0.05) is 31.7 Å². The fraction of sp³-hybridized carbons (Fsp3) is 0.476. The summed E-state index contributed by atoms with van der Waals surface area (Å²) in [5, 5.41) is 12.9. The first-order valence-electron chi connectivity index (χ1n) is 10.3. The highest BCUT2D eigenvalue weighted by atomic mass is 16.5. The fourth-order valence-electron chi connectivity index (χ4n) is 3.61. The molecule has 29 heavy (non-hydrogen) atoms. The summed E-state index contributed by atoms with van der Waals surface area (Å²) in [6.07, 6.45) is 1.75. The van der Waals surface area contributed by atoms with Gasteiger partial charge in [-0.15, -0.1) is 5.10 Å². The van der Waals surface area contributed by atoms with E-state index in [2.05, 4.69) is 57.0 Å². The smallest absolute Gasteiger partial charge is 0.245 e. The summed E-state index contributed by atoms with van der Waals surface area (Å²) in [4.78, 5) is 13.8. The van der Waals surface area contributed by atoms with Crippen molar-refractivity contribution < 1.29 is 4.52 Å². The van der Waals surface area contributed by atoms with Crippen molar-refractivity contribution >= 4 is 5.95 Å². The van der Waals surface area contributed by atoms with Gasteiger partial charge >= 0.3 is 0 Å². The minimum atomic E-state index is 0.648. The molecule has 0 saturated carbocycles. The van der Waals surface area contributed by atoms with E-state index in [4.69, 9.17) is 9.51 Å². The van der Waals surface area contributed by atoms with E-state index in [0.29, 0.717) is 18.3 Å².